The van der Waals surface area contributed by atoms with Crippen LogP contribution in [0, 0.1) is 5.92 Å². The Bertz CT molecular complexity index is 475. The number of hydrogen-bond donors (Lipinski definition) is 1. The highest BCUT2D eigenvalue weighted by Crippen LogP contribution is 2.07. The minimum Gasteiger partial charge on any atom is -0.396 e. The lowest BCUT2D eigenvalue weighted by Crippen LogP contribution is -2.19. The predicted molar refractivity (Wildman–Crippen MR) is 80.0 cm³/mol. The number of aliphatic imine (C=N–C) groups is 1. The van der Waals surface area contributed by atoms with Crippen molar-refractivity contribution < 1.29 is 4.79 Å². The van der Waals surface area contributed by atoms with Crippen LogP contribution in [0.1, 0.15) is 32.8 Å². The standard InChI is InChI=1S/C16H22N2O/c1-4-12(2)16(19)15(17)10-13(3)18-11-14-8-6-5-7-9-14/h5-10,12H,4,11,17H2,1-3H3. The van der Waals surface area contributed by atoms with E-state index in [0.717, 1.165) is 17.7 Å². The lowest BCUT2D eigenvalue weighted by Gasteiger charge is -2.07. The third-order valence-corrected chi connectivity index (χ3v) is 3.06. The van der Waals surface area contributed by atoms with Crippen molar-refractivity contribution in [2.45, 2.75) is 33.7 Å². The zero-order valence-corrected chi connectivity index (χ0v) is 11.9. The zero-order chi connectivity index (χ0) is 14.3. The fourth-order valence-electron chi connectivity index (χ4n) is 1.61. The molecule has 0 aliphatic rings. The van der Waals surface area contributed by atoms with Gasteiger partial charge in [-0.3, -0.25) is 9.79 Å². The molecule has 0 saturated carbocycles. The highest BCUT2D eigenvalue weighted by atomic mass is 16.1. The van der Waals surface area contributed by atoms with E-state index in [1.165, 1.54) is 0 Å². The molecule has 0 radical (unpaired) electrons. The van der Waals surface area contributed by atoms with Gasteiger partial charge in [-0.1, -0.05) is 44.2 Å². The first-order valence-corrected chi connectivity index (χ1v) is 6.61. The number of nitrogens with two attached hydrogens (primary N) is 1. The summed E-state index contributed by atoms with van der Waals surface area (Å²) in [6.07, 6.45) is 2.46. The Kier molecular flexibility index (Phi) is 6.00. The van der Waals surface area contributed by atoms with Gasteiger partial charge in [0.15, 0.2) is 5.78 Å². The van der Waals surface area contributed by atoms with Crippen molar-refractivity contribution in [1.82, 2.24) is 0 Å². The molecular weight excluding hydrogens is 236 g/mol. The van der Waals surface area contributed by atoms with Crippen molar-refractivity contribution >= 4 is 11.5 Å². The maximum atomic E-state index is 11.8. The van der Waals surface area contributed by atoms with Crippen molar-refractivity contribution in [2.24, 2.45) is 16.6 Å². The summed E-state index contributed by atoms with van der Waals surface area (Å²) in [5.74, 6) is -0.0325. The summed E-state index contributed by atoms with van der Waals surface area (Å²) in [7, 11) is 0. The van der Waals surface area contributed by atoms with Crippen molar-refractivity contribution in [3.8, 4) is 0 Å². The Morgan fingerprint density at radius 1 is 1.37 bits per heavy atom. The average molecular weight is 258 g/mol. The highest BCUT2D eigenvalue weighted by Gasteiger charge is 2.13. The number of allylic oxidation sites excluding steroid dienone is 2. The SMILES string of the molecule is CCC(C)C(=O)C(N)=CC(C)=NCc1ccccc1. The van der Waals surface area contributed by atoms with Gasteiger partial charge in [0.25, 0.3) is 0 Å². The first kappa shape index (κ1) is 15.2. The molecule has 0 heterocycles. The van der Waals surface area contributed by atoms with E-state index in [2.05, 4.69) is 4.99 Å². The molecule has 19 heavy (non-hydrogen) atoms. The third kappa shape index (κ3) is 5.08. The van der Waals surface area contributed by atoms with E-state index in [0.29, 0.717) is 12.2 Å². The van der Waals surface area contributed by atoms with E-state index in [1.807, 2.05) is 51.1 Å². The molecule has 1 aromatic rings. The summed E-state index contributed by atoms with van der Waals surface area (Å²) in [5, 5.41) is 0. The molecule has 0 fully saturated rings. The molecule has 0 aliphatic carbocycles. The zero-order valence-electron chi connectivity index (χ0n) is 11.9. The monoisotopic (exact) mass is 258 g/mol. The van der Waals surface area contributed by atoms with E-state index in [9.17, 15) is 4.79 Å². The molecule has 0 spiro atoms. The number of benzene rings is 1. The molecule has 102 valence electrons. The van der Waals surface area contributed by atoms with Crippen molar-refractivity contribution in [3.63, 3.8) is 0 Å². The minimum absolute atomic E-state index is 0.00300. The summed E-state index contributed by atoms with van der Waals surface area (Å²) in [4.78, 5) is 16.2. The number of hydrogen-bond acceptors (Lipinski definition) is 3. The fourth-order valence-corrected chi connectivity index (χ4v) is 1.61. The van der Waals surface area contributed by atoms with Gasteiger partial charge in [-0.25, -0.2) is 0 Å². The molecule has 0 aromatic heterocycles. The molecular formula is C16H22N2O. The van der Waals surface area contributed by atoms with E-state index < -0.39 is 0 Å². The molecule has 0 bridgehead atoms. The van der Waals surface area contributed by atoms with Crippen LogP contribution >= 0.6 is 0 Å². The average Bonchev–Trinajstić information content (AvgIpc) is 2.44. The summed E-state index contributed by atoms with van der Waals surface area (Å²) >= 11 is 0. The second-order valence-corrected chi connectivity index (χ2v) is 4.72. The molecule has 1 atom stereocenters. The first-order valence-electron chi connectivity index (χ1n) is 6.61. The van der Waals surface area contributed by atoms with E-state index >= 15 is 0 Å². The number of ketones is 1. The first-order chi connectivity index (χ1) is 9.04. The number of carbonyl (C=O) groups excluding carboxylic acids is 1. The van der Waals surface area contributed by atoms with Crippen LogP contribution in [-0.4, -0.2) is 11.5 Å². The second-order valence-electron chi connectivity index (χ2n) is 4.72. The van der Waals surface area contributed by atoms with Crippen LogP contribution in [0.2, 0.25) is 0 Å². The Balaban J connectivity index is 2.67. The van der Waals surface area contributed by atoms with Gasteiger partial charge in [-0.2, -0.15) is 0 Å². The quantitative estimate of drug-likeness (QED) is 0.629. The third-order valence-electron chi connectivity index (χ3n) is 3.06. The van der Waals surface area contributed by atoms with Crippen molar-refractivity contribution in [2.75, 3.05) is 0 Å². The highest BCUT2D eigenvalue weighted by molar-refractivity contribution is 6.04. The Morgan fingerprint density at radius 2 is 2.00 bits per heavy atom. The Labute approximate surface area is 115 Å². The molecule has 0 aliphatic heterocycles. The van der Waals surface area contributed by atoms with Gasteiger partial charge in [0, 0.05) is 11.6 Å². The van der Waals surface area contributed by atoms with Gasteiger partial charge in [0.05, 0.1) is 12.2 Å². The van der Waals surface area contributed by atoms with Gasteiger partial charge in [0.2, 0.25) is 0 Å². The summed E-state index contributed by atoms with van der Waals surface area (Å²) in [6, 6.07) is 9.98. The smallest absolute Gasteiger partial charge is 0.181 e. The second kappa shape index (κ2) is 7.52. The fraction of sp³-hybridized carbons (Fsp3) is 0.375. The van der Waals surface area contributed by atoms with Crippen LogP contribution in [0.3, 0.4) is 0 Å². The number of Topliss-reactive ketones (excluding diaryl/α,β-unsaturated/α-hetero) is 1. The molecule has 3 nitrogen and oxygen atoms in total. The Morgan fingerprint density at radius 3 is 2.58 bits per heavy atom. The van der Waals surface area contributed by atoms with Crippen LogP contribution < -0.4 is 5.73 Å². The number of carbonyl (C=O) groups is 1. The van der Waals surface area contributed by atoms with Crippen LogP contribution in [0.4, 0.5) is 0 Å². The van der Waals surface area contributed by atoms with E-state index in [4.69, 9.17) is 5.73 Å². The molecule has 1 rings (SSSR count). The summed E-state index contributed by atoms with van der Waals surface area (Å²) in [6.45, 7) is 6.33. The molecule has 3 heteroatoms. The van der Waals surface area contributed by atoms with Crippen LogP contribution in [0.15, 0.2) is 47.1 Å². The van der Waals surface area contributed by atoms with Crippen molar-refractivity contribution in [1.29, 1.82) is 0 Å². The van der Waals surface area contributed by atoms with Crippen LogP contribution in [-0.2, 0) is 11.3 Å². The molecule has 0 amide bonds. The van der Waals surface area contributed by atoms with Gasteiger partial charge in [-0.15, -0.1) is 0 Å². The molecule has 2 N–H and O–H groups in total. The molecule has 0 saturated heterocycles. The van der Waals surface area contributed by atoms with E-state index in [1.54, 1.807) is 6.08 Å². The van der Waals surface area contributed by atoms with Crippen LogP contribution in [0.5, 0.6) is 0 Å². The summed E-state index contributed by atoms with van der Waals surface area (Å²) < 4.78 is 0. The lowest BCUT2D eigenvalue weighted by molar-refractivity contribution is -0.118. The van der Waals surface area contributed by atoms with Gasteiger partial charge >= 0.3 is 0 Å². The maximum absolute atomic E-state index is 11.8. The topological polar surface area (TPSA) is 55.5 Å². The largest absolute Gasteiger partial charge is 0.396 e. The summed E-state index contributed by atoms with van der Waals surface area (Å²) in [5.41, 5.74) is 8.01. The maximum Gasteiger partial charge on any atom is 0.181 e. The van der Waals surface area contributed by atoms with Gasteiger partial charge < -0.3 is 5.73 Å². The van der Waals surface area contributed by atoms with Gasteiger partial charge in [-0.05, 0) is 25.0 Å². The number of nitrogens with zero attached hydrogens (tertiary/aromatic N) is 1. The van der Waals surface area contributed by atoms with E-state index in [-0.39, 0.29) is 11.7 Å². The lowest BCUT2D eigenvalue weighted by atomic mass is 10.0. The normalized spacial score (nSPS) is 14.3. The predicted octanol–water partition coefficient (Wildman–Crippen LogP) is 3.11. The molecule has 1 aromatic carbocycles. The van der Waals surface area contributed by atoms with Crippen molar-refractivity contribution in [3.05, 3.63) is 47.7 Å². The Hall–Kier alpha value is -1.90. The molecule has 1 unspecified atom stereocenters. The van der Waals surface area contributed by atoms with Gasteiger partial charge in [0.1, 0.15) is 0 Å². The van der Waals surface area contributed by atoms with Crippen LogP contribution in [0.25, 0.3) is 0 Å². The minimum atomic E-state index is -0.0295. The number of rotatable bonds is 6.